The van der Waals surface area contributed by atoms with Crippen LogP contribution in [-0.2, 0) is 6.42 Å². The highest BCUT2D eigenvalue weighted by atomic mass is 15.3. The van der Waals surface area contributed by atoms with E-state index >= 15 is 0 Å². The van der Waals surface area contributed by atoms with Crippen LogP contribution in [0.15, 0.2) is 12.3 Å². The van der Waals surface area contributed by atoms with Crippen molar-refractivity contribution in [3.63, 3.8) is 0 Å². The fourth-order valence-corrected chi connectivity index (χ4v) is 3.79. The highest BCUT2D eigenvalue weighted by Gasteiger charge is 2.36. The largest absolute Gasteiger partial charge is 0.316 e. The van der Waals surface area contributed by atoms with Crippen LogP contribution in [0.2, 0.25) is 0 Å². The van der Waals surface area contributed by atoms with Crippen LogP contribution >= 0.6 is 0 Å². The summed E-state index contributed by atoms with van der Waals surface area (Å²) in [6, 6.07) is 3.31. The van der Waals surface area contributed by atoms with E-state index in [1.165, 1.54) is 31.4 Å². The quantitative estimate of drug-likeness (QED) is 0.817. The van der Waals surface area contributed by atoms with E-state index < -0.39 is 0 Å². The van der Waals surface area contributed by atoms with Gasteiger partial charge in [0.1, 0.15) is 0 Å². The molecular formula is C17H31N3. The summed E-state index contributed by atoms with van der Waals surface area (Å²) in [7, 11) is 2.10. The second-order valence-electron chi connectivity index (χ2n) is 6.66. The lowest BCUT2D eigenvalue weighted by molar-refractivity contribution is 0.227. The lowest BCUT2D eigenvalue weighted by Gasteiger charge is -2.33. The molecule has 1 atom stereocenters. The second-order valence-corrected chi connectivity index (χ2v) is 6.66. The average molecular weight is 277 g/mol. The van der Waals surface area contributed by atoms with Crippen LogP contribution in [0, 0.1) is 5.41 Å². The van der Waals surface area contributed by atoms with Crippen molar-refractivity contribution in [1.29, 1.82) is 0 Å². The lowest BCUT2D eigenvalue weighted by Crippen LogP contribution is -2.42. The Morgan fingerprint density at radius 3 is 2.50 bits per heavy atom. The molecule has 0 aromatic carbocycles. The number of likely N-dealkylation sites (N-methyl/N-ethyl adjacent to an activating group) is 1. The van der Waals surface area contributed by atoms with Crippen LogP contribution < -0.4 is 5.32 Å². The third-order valence-corrected chi connectivity index (χ3v) is 5.33. The van der Waals surface area contributed by atoms with Gasteiger partial charge in [-0.2, -0.15) is 5.10 Å². The molecule has 1 aromatic rings. The predicted octanol–water partition coefficient (Wildman–Crippen LogP) is 3.96. The summed E-state index contributed by atoms with van der Waals surface area (Å²) in [6.45, 7) is 6.93. The predicted molar refractivity (Wildman–Crippen MR) is 85.0 cm³/mol. The van der Waals surface area contributed by atoms with Gasteiger partial charge in [-0.1, -0.05) is 33.6 Å². The number of nitrogens with zero attached hydrogens (tertiary/aromatic N) is 2. The van der Waals surface area contributed by atoms with Crippen molar-refractivity contribution in [2.45, 2.75) is 77.8 Å². The topological polar surface area (TPSA) is 29.9 Å². The zero-order valence-electron chi connectivity index (χ0n) is 13.7. The van der Waals surface area contributed by atoms with E-state index in [1.54, 1.807) is 0 Å². The molecule has 0 radical (unpaired) electrons. The Morgan fingerprint density at radius 2 is 1.95 bits per heavy atom. The standard InChI is InChI=1S/C17H31N3/c1-5-15(6-2)20-12-9-14(19-20)13-16(18-4)17(3)10-7-8-11-17/h9,12,15-16,18H,5-8,10-11,13H2,1-4H3. The summed E-state index contributed by atoms with van der Waals surface area (Å²) < 4.78 is 2.17. The van der Waals surface area contributed by atoms with Gasteiger partial charge in [0.25, 0.3) is 0 Å². The van der Waals surface area contributed by atoms with Crippen LogP contribution in [0.5, 0.6) is 0 Å². The zero-order valence-corrected chi connectivity index (χ0v) is 13.7. The minimum atomic E-state index is 0.452. The molecule has 114 valence electrons. The first kappa shape index (κ1) is 15.6. The van der Waals surface area contributed by atoms with Crippen molar-refractivity contribution < 1.29 is 0 Å². The maximum Gasteiger partial charge on any atom is 0.0640 e. The first-order valence-electron chi connectivity index (χ1n) is 8.34. The van der Waals surface area contributed by atoms with E-state index in [0.717, 1.165) is 19.3 Å². The molecule has 1 saturated carbocycles. The summed E-state index contributed by atoms with van der Waals surface area (Å²) in [6.07, 6.45) is 11.0. The normalized spacial score (nSPS) is 19.6. The molecule has 0 spiro atoms. The smallest absolute Gasteiger partial charge is 0.0640 e. The molecule has 2 rings (SSSR count). The van der Waals surface area contributed by atoms with Crippen LogP contribution in [-0.4, -0.2) is 22.9 Å². The third-order valence-electron chi connectivity index (χ3n) is 5.33. The van der Waals surface area contributed by atoms with Crippen LogP contribution in [0.1, 0.15) is 71.0 Å². The molecule has 1 aromatic heterocycles. The van der Waals surface area contributed by atoms with E-state index in [0.29, 0.717) is 17.5 Å². The van der Waals surface area contributed by atoms with E-state index in [-0.39, 0.29) is 0 Å². The molecule has 0 amide bonds. The van der Waals surface area contributed by atoms with Crippen molar-refractivity contribution in [3.8, 4) is 0 Å². The number of hydrogen-bond acceptors (Lipinski definition) is 2. The lowest BCUT2D eigenvalue weighted by atomic mass is 9.78. The summed E-state index contributed by atoms with van der Waals surface area (Å²) in [5.74, 6) is 0. The van der Waals surface area contributed by atoms with Gasteiger partial charge in [-0.05, 0) is 44.2 Å². The Labute approximate surface area is 124 Å². The van der Waals surface area contributed by atoms with Crippen LogP contribution in [0.3, 0.4) is 0 Å². The molecule has 3 heteroatoms. The van der Waals surface area contributed by atoms with Crippen molar-refractivity contribution in [2.75, 3.05) is 7.05 Å². The number of rotatable bonds is 7. The average Bonchev–Trinajstić information content (AvgIpc) is 3.08. The maximum atomic E-state index is 4.82. The fourth-order valence-electron chi connectivity index (χ4n) is 3.79. The monoisotopic (exact) mass is 277 g/mol. The maximum absolute atomic E-state index is 4.82. The van der Waals surface area contributed by atoms with Gasteiger partial charge in [0.2, 0.25) is 0 Å². The summed E-state index contributed by atoms with van der Waals surface area (Å²) in [5, 5.41) is 8.37. The molecule has 1 aliphatic rings. The van der Waals surface area contributed by atoms with Gasteiger partial charge in [-0.25, -0.2) is 0 Å². The highest BCUT2D eigenvalue weighted by molar-refractivity contribution is 5.05. The fraction of sp³-hybridized carbons (Fsp3) is 0.824. The zero-order chi connectivity index (χ0) is 14.6. The number of hydrogen-bond donors (Lipinski definition) is 1. The van der Waals surface area contributed by atoms with E-state index in [2.05, 4.69) is 50.1 Å². The Morgan fingerprint density at radius 1 is 1.30 bits per heavy atom. The Bertz CT molecular complexity index is 400. The van der Waals surface area contributed by atoms with Gasteiger partial charge in [-0.3, -0.25) is 4.68 Å². The summed E-state index contributed by atoms with van der Waals surface area (Å²) >= 11 is 0. The first-order chi connectivity index (χ1) is 9.62. The van der Waals surface area contributed by atoms with E-state index in [9.17, 15) is 0 Å². The van der Waals surface area contributed by atoms with Gasteiger partial charge in [0.15, 0.2) is 0 Å². The molecule has 1 fully saturated rings. The summed E-state index contributed by atoms with van der Waals surface area (Å²) in [4.78, 5) is 0. The molecule has 0 aliphatic heterocycles. The van der Waals surface area contributed by atoms with Crippen molar-refractivity contribution in [1.82, 2.24) is 15.1 Å². The molecule has 1 N–H and O–H groups in total. The molecular weight excluding hydrogens is 246 g/mol. The van der Waals surface area contributed by atoms with Gasteiger partial charge < -0.3 is 5.32 Å². The van der Waals surface area contributed by atoms with Gasteiger partial charge in [-0.15, -0.1) is 0 Å². The van der Waals surface area contributed by atoms with Gasteiger partial charge >= 0.3 is 0 Å². The number of nitrogens with one attached hydrogen (secondary N) is 1. The SMILES string of the molecule is CCC(CC)n1ccc(CC(NC)C2(C)CCCC2)n1. The molecule has 20 heavy (non-hydrogen) atoms. The van der Waals surface area contributed by atoms with Crippen molar-refractivity contribution >= 4 is 0 Å². The molecule has 3 nitrogen and oxygen atoms in total. The molecule has 1 aliphatic carbocycles. The van der Waals surface area contributed by atoms with E-state index in [4.69, 9.17) is 5.10 Å². The Hall–Kier alpha value is -0.830. The molecule has 0 bridgehead atoms. The van der Waals surface area contributed by atoms with Crippen molar-refractivity contribution in [2.24, 2.45) is 5.41 Å². The highest BCUT2D eigenvalue weighted by Crippen LogP contribution is 2.41. The first-order valence-corrected chi connectivity index (χ1v) is 8.34. The second kappa shape index (κ2) is 6.75. The summed E-state index contributed by atoms with van der Waals surface area (Å²) in [5.41, 5.74) is 1.69. The molecule has 1 unspecified atom stereocenters. The third kappa shape index (κ3) is 3.25. The van der Waals surface area contributed by atoms with Gasteiger partial charge in [0.05, 0.1) is 11.7 Å². The van der Waals surface area contributed by atoms with Crippen molar-refractivity contribution in [3.05, 3.63) is 18.0 Å². The van der Waals surface area contributed by atoms with Gasteiger partial charge in [0, 0.05) is 18.7 Å². The van der Waals surface area contributed by atoms with Crippen LogP contribution in [0.25, 0.3) is 0 Å². The Balaban J connectivity index is 2.04. The molecule has 0 saturated heterocycles. The number of aromatic nitrogens is 2. The molecule has 1 heterocycles. The van der Waals surface area contributed by atoms with Crippen LogP contribution in [0.4, 0.5) is 0 Å². The van der Waals surface area contributed by atoms with E-state index in [1.807, 2.05) is 0 Å². The minimum absolute atomic E-state index is 0.452. The Kier molecular flexibility index (Phi) is 5.25. The minimum Gasteiger partial charge on any atom is -0.316 e.